The Bertz CT molecular complexity index is 216. The summed E-state index contributed by atoms with van der Waals surface area (Å²) in [4.78, 5) is 26.4. The molecule has 74 valence electrons. The predicted molar refractivity (Wildman–Crippen MR) is 43.6 cm³/mol. The summed E-state index contributed by atoms with van der Waals surface area (Å²) in [5, 5.41) is 8.78. The Balaban J connectivity index is 2.57. The van der Waals surface area contributed by atoms with Crippen LogP contribution in [0.5, 0.6) is 0 Å². The molecule has 1 amide bonds. The highest BCUT2D eigenvalue weighted by molar-refractivity contribution is 5.84. The summed E-state index contributed by atoms with van der Waals surface area (Å²) in [5.74, 6) is -2.20. The molecule has 1 aliphatic rings. The minimum atomic E-state index is -0.895. The van der Waals surface area contributed by atoms with Gasteiger partial charge in [-0.3, -0.25) is 14.4 Å². The highest BCUT2D eigenvalue weighted by Gasteiger charge is 2.37. The maximum Gasteiger partial charge on any atom is 0.307 e. The average Bonchev–Trinajstić information content (AvgIpc) is 2.52. The number of amides is 1. The van der Waals surface area contributed by atoms with Crippen LogP contribution >= 0.6 is 0 Å². The van der Waals surface area contributed by atoms with Crippen molar-refractivity contribution in [3.63, 3.8) is 0 Å². The molecule has 5 nitrogen and oxygen atoms in total. The average molecular weight is 187 g/mol. The van der Waals surface area contributed by atoms with Gasteiger partial charge in [0.2, 0.25) is 5.91 Å². The predicted octanol–water partition coefficient (Wildman–Crippen LogP) is 0.165. The molecule has 2 N–H and O–H groups in total. The van der Waals surface area contributed by atoms with E-state index in [0.29, 0.717) is 12.8 Å². The van der Waals surface area contributed by atoms with Crippen molar-refractivity contribution in [2.24, 2.45) is 11.8 Å². The van der Waals surface area contributed by atoms with Gasteiger partial charge in [0.15, 0.2) is 0 Å². The Morgan fingerprint density at radius 3 is 2.54 bits per heavy atom. The Morgan fingerprint density at radius 2 is 2.00 bits per heavy atom. The van der Waals surface area contributed by atoms with Gasteiger partial charge in [0.25, 0.3) is 0 Å². The van der Waals surface area contributed by atoms with Crippen molar-refractivity contribution in [3.05, 3.63) is 0 Å². The van der Waals surface area contributed by atoms with E-state index in [0.717, 1.165) is 6.42 Å². The second kappa shape index (κ2) is 4.23. The Morgan fingerprint density at radius 1 is 1.38 bits per heavy atom. The Hall–Kier alpha value is -1.10. The lowest BCUT2D eigenvalue weighted by Crippen LogP contribution is -2.34. The van der Waals surface area contributed by atoms with E-state index in [1.54, 1.807) is 0 Å². The molecule has 0 saturated heterocycles. The molecule has 0 aromatic heterocycles. The number of rotatable bonds is 3. The van der Waals surface area contributed by atoms with Gasteiger partial charge in [-0.1, -0.05) is 6.42 Å². The van der Waals surface area contributed by atoms with Crippen LogP contribution in [0.2, 0.25) is 0 Å². The third-order valence-electron chi connectivity index (χ3n) is 2.37. The molecule has 0 aliphatic heterocycles. The van der Waals surface area contributed by atoms with Crippen LogP contribution in [0.4, 0.5) is 0 Å². The van der Waals surface area contributed by atoms with Gasteiger partial charge in [0.1, 0.15) is 0 Å². The standard InChI is InChI=1S/C8H13NO4/c1-13-9-7(10)5-3-2-4-6(5)8(11)12/h5-6H,2-4H2,1H3,(H,9,10)(H,11,12). The highest BCUT2D eigenvalue weighted by atomic mass is 16.6. The van der Waals surface area contributed by atoms with Crippen LogP contribution in [0.3, 0.4) is 0 Å². The van der Waals surface area contributed by atoms with Crippen LogP contribution in [0.15, 0.2) is 0 Å². The minimum absolute atomic E-state index is 0.326. The minimum Gasteiger partial charge on any atom is -0.481 e. The monoisotopic (exact) mass is 187 g/mol. The van der Waals surface area contributed by atoms with Crippen molar-refractivity contribution < 1.29 is 19.5 Å². The van der Waals surface area contributed by atoms with Crippen LogP contribution in [-0.2, 0) is 14.4 Å². The number of hydrogen-bond acceptors (Lipinski definition) is 3. The van der Waals surface area contributed by atoms with Gasteiger partial charge in [0, 0.05) is 0 Å². The molecule has 5 heteroatoms. The molecule has 1 rings (SSSR count). The molecule has 0 radical (unpaired) electrons. The van der Waals surface area contributed by atoms with Crippen LogP contribution in [0, 0.1) is 11.8 Å². The first-order valence-electron chi connectivity index (χ1n) is 4.22. The quantitative estimate of drug-likeness (QED) is 0.617. The molecule has 1 aliphatic carbocycles. The van der Waals surface area contributed by atoms with Crippen molar-refractivity contribution in [3.8, 4) is 0 Å². The molecule has 0 aromatic rings. The second-order valence-electron chi connectivity index (χ2n) is 3.15. The summed E-state index contributed by atoms with van der Waals surface area (Å²) in [5.41, 5.74) is 2.17. The fraction of sp³-hybridized carbons (Fsp3) is 0.750. The van der Waals surface area contributed by atoms with E-state index in [-0.39, 0.29) is 5.91 Å². The molecule has 0 heterocycles. The summed E-state index contributed by atoms with van der Waals surface area (Å²) < 4.78 is 0. The number of hydrogen-bond donors (Lipinski definition) is 2. The van der Waals surface area contributed by atoms with E-state index in [9.17, 15) is 9.59 Å². The molecule has 0 bridgehead atoms. The van der Waals surface area contributed by atoms with Crippen LogP contribution < -0.4 is 5.48 Å². The van der Waals surface area contributed by atoms with Gasteiger partial charge in [0.05, 0.1) is 18.9 Å². The van der Waals surface area contributed by atoms with Gasteiger partial charge < -0.3 is 5.11 Å². The van der Waals surface area contributed by atoms with Gasteiger partial charge >= 0.3 is 5.97 Å². The van der Waals surface area contributed by atoms with Crippen molar-refractivity contribution >= 4 is 11.9 Å². The van der Waals surface area contributed by atoms with E-state index < -0.39 is 17.8 Å². The molecule has 0 aromatic carbocycles. The smallest absolute Gasteiger partial charge is 0.307 e. The molecular weight excluding hydrogens is 174 g/mol. The van der Waals surface area contributed by atoms with Gasteiger partial charge in [-0.25, -0.2) is 5.48 Å². The lowest BCUT2D eigenvalue weighted by Gasteiger charge is -2.13. The van der Waals surface area contributed by atoms with Crippen molar-refractivity contribution in [1.82, 2.24) is 5.48 Å². The maximum absolute atomic E-state index is 11.3. The first-order valence-corrected chi connectivity index (χ1v) is 4.22. The lowest BCUT2D eigenvalue weighted by molar-refractivity contribution is -0.148. The Labute approximate surface area is 76.0 Å². The summed E-state index contributed by atoms with van der Waals surface area (Å²) in [6, 6.07) is 0. The summed E-state index contributed by atoms with van der Waals surface area (Å²) in [6.45, 7) is 0. The zero-order chi connectivity index (χ0) is 9.84. The van der Waals surface area contributed by atoms with Crippen LogP contribution in [-0.4, -0.2) is 24.1 Å². The topological polar surface area (TPSA) is 75.6 Å². The van der Waals surface area contributed by atoms with E-state index in [2.05, 4.69) is 10.3 Å². The number of carboxylic acid groups (broad SMARTS) is 1. The van der Waals surface area contributed by atoms with E-state index in [4.69, 9.17) is 5.11 Å². The maximum atomic E-state index is 11.3. The third kappa shape index (κ3) is 2.18. The van der Waals surface area contributed by atoms with Crippen molar-refractivity contribution in [2.75, 3.05) is 7.11 Å². The zero-order valence-corrected chi connectivity index (χ0v) is 7.45. The molecule has 2 atom stereocenters. The number of carbonyl (C=O) groups excluding carboxylic acids is 1. The number of hydroxylamine groups is 1. The van der Waals surface area contributed by atoms with E-state index >= 15 is 0 Å². The normalized spacial score (nSPS) is 27.2. The van der Waals surface area contributed by atoms with E-state index in [1.165, 1.54) is 7.11 Å². The zero-order valence-electron chi connectivity index (χ0n) is 7.45. The van der Waals surface area contributed by atoms with Crippen molar-refractivity contribution in [2.45, 2.75) is 19.3 Å². The molecule has 1 fully saturated rings. The fourth-order valence-electron chi connectivity index (χ4n) is 1.75. The Kier molecular flexibility index (Phi) is 3.25. The summed E-state index contributed by atoms with van der Waals surface area (Å²) in [6.07, 6.45) is 2.00. The molecule has 13 heavy (non-hydrogen) atoms. The summed E-state index contributed by atoms with van der Waals surface area (Å²) in [7, 11) is 1.34. The largest absolute Gasteiger partial charge is 0.481 e. The second-order valence-corrected chi connectivity index (χ2v) is 3.15. The van der Waals surface area contributed by atoms with Gasteiger partial charge in [-0.05, 0) is 12.8 Å². The van der Waals surface area contributed by atoms with E-state index in [1.807, 2.05) is 0 Å². The van der Waals surface area contributed by atoms with Gasteiger partial charge in [-0.2, -0.15) is 0 Å². The lowest BCUT2D eigenvalue weighted by atomic mass is 9.96. The molecule has 1 saturated carbocycles. The molecular formula is C8H13NO4. The van der Waals surface area contributed by atoms with Crippen LogP contribution in [0.25, 0.3) is 0 Å². The third-order valence-corrected chi connectivity index (χ3v) is 2.37. The fourth-order valence-corrected chi connectivity index (χ4v) is 1.75. The number of carbonyl (C=O) groups is 2. The van der Waals surface area contributed by atoms with Crippen molar-refractivity contribution in [1.29, 1.82) is 0 Å². The number of carboxylic acids is 1. The van der Waals surface area contributed by atoms with Gasteiger partial charge in [-0.15, -0.1) is 0 Å². The first kappa shape index (κ1) is 9.98. The molecule has 0 spiro atoms. The highest BCUT2D eigenvalue weighted by Crippen LogP contribution is 2.31. The SMILES string of the molecule is CONC(=O)C1CCCC1C(=O)O. The van der Waals surface area contributed by atoms with Crippen LogP contribution in [0.1, 0.15) is 19.3 Å². The first-order chi connectivity index (χ1) is 6.16. The summed E-state index contributed by atoms with van der Waals surface area (Å²) >= 11 is 0. The number of nitrogens with one attached hydrogen (secondary N) is 1. The molecule has 2 unspecified atom stereocenters. The number of aliphatic carboxylic acids is 1.